The van der Waals surface area contributed by atoms with Gasteiger partial charge in [0.2, 0.25) is 0 Å². The van der Waals surface area contributed by atoms with Crippen LogP contribution in [0.1, 0.15) is 41.6 Å². The molecule has 1 aromatic carbocycles. The topological polar surface area (TPSA) is 64.4 Å². The number of rotatable bonds is 7. The van der Waals surface area contributed by atoms with Gasteiger partial charge in [0.05, 0.1) is 10.6 Å². The Balaban J connectivity index is 2.06. The monoisotopic (exact) mass is 322 g/mol. The second kappa shape index (κ2) is 7.84. The first kappa shape index (κ1) is 16.4. The van der Waals surface area contributed by atoms with E-state index in [0.717, 1.165) is 12.8 Å². The van der Waals surface area contributed by atoms with Gasteiger partial charge in [-0.2, -0.15) is 0 Å². The number of aromatic nitrogens is 1. The highest BCUT2D eigenvalue weighted by molar-refractivity contribution is 6.32. The van der Waals surface area contributed by atoms with Gasteiger partial charge in [-0.1, -0.05) is 42.2 Å². The lowest BCUT2D eigenvalue weighted by molar-refractivity contribution is 0.0942. The second-order valence-corrected chi connectivity index (χ2v) is 5.30. The average Bonchev–Trinajstić information content (AvgIpc) is 2.88. The third kappa shape index (κ3) is 4.01. The molecular weight excluding hydrogens is 304 g/mol. The van der Waals surface area contributed by atoms with Gasteiger partial charge in [0.25, 0.3) is 5.91 Å². The van der Waals surface area contributed by atoms with Gasteiger partial charge in [0, 0.05) is 6.54 Å². The average molecular weight is 323 g/mol. The fraction of sp³-hybridized carbons (Fsp3) is 0.375. The van der Waals surface area contributed by atoms with E-state index in [-0.39, 0.29) is 18.2 Å². The summed E-state index contributed by atoms with van der Waals surface area (Å²) in [4.78, 5) is 12.1. The molecule has 1 aromatic heterocycles. The molecular formula is C16H19ClN2O3. The molecule has 1 N–H and O–H groups in total. The Morgan fingerprint density at radius 3 is 2.91 bits per heavy atom. The van der Waals surface area contributed by atoms with Crippen LogP contribution in [0, 0.1) is 6.92 Å². The molecule has 0 atom stereocenters. The standard InChI is InChI=1S/C16H19ClN2O3/c1-3-4-9-18-16(20)15-12(11(2)22-19-15)10-21-14-8-6-5-7-13(14)17/h5-8H,3-4,9-10H2,1-2H3,(H,18,20). The second-order valence-electron chi connectivity index (χ2n) is 4.89. The summed E-state index contributed by atoms with van der Waals surface area (Å²) >= 11 is 6.05. The summed E-state index contributed by atoms with van der Waals surface area (Å²) in [6.45, 7) is 4.61. The van der Waals surface area contributed by atoms with E-state index in [1.54, 1.807) is 19.1 Å². The van der Waals surface area contributed by atoms with Crippen molar-refractivity contribution < 1.29 is 14.1 Å². The molecule has 0 bridgehead atoms. The fourth-order valence-electron chi connectivity index (χ4n) is 1.91. The quantitative estimate of drug-likeness (QED) is 0.789. The first-order chi connectivity index (χ1) is 10.6. The molecule has 0 spiro atoms. The summed E-state index contributed by atoms with van der Waals surface area (Å²) in [5.41, 5.74) is 0.898. The van der Waals surface area contributed by atoms with E-state index >= 15 is 0 Å². The number of nitrogens with zero attached hydrogens (tertiary/aromatic N) is 1. The Morgan fingerprint density at radius 2 is 2.18 bits per heavy atom. The number of halogens is 1. The summed E-state index contributed by atoms with van der Waals surface area (Å²) in [6.07, 6.45) is 1.94. The number of hydrogen-bond acceptors (Lipinski definition) is 4. The molecule has 118 valence electrons. The Kier molecular flexibility index (Phi) is 5.83. The molecule has 1 amide bonds. The number of carbonyl (C=O) groups excluding carboxylic acids is 1. The minimum Gasteiger partial charge on any atom is -0.487 e. The molecule has 0 aliphatic heterocycles. The first-order valence-corrected chi connectivity index (χ1v) is 7.62. The zero-order chi connectivity index (χ0) is 15.9. The molecule has 0 aliphatic rings. The number of unbranched alkanes of at least 4 members (excludes halogenated alkanes) is 1. The Bertz CT molecular complexity index is 640. The van der Waals surface area contributed by atoms with Crippen molar-refractivity contribution in [1.29, 1.82) is 0 Å². The number of amides is 1. The number of ether oxygens (including phenoxy) is 1. The van der Waals surface area contributed by atoms with Crippen LogP contribution in [0.25, 0.3) is 0 Å². The van der Waals surface area contributed by atoms with Crippen LogP contribution in [0.3, 0.4) is 0 Å². The zero-order valence-corrected chi connectivity index (χ0v) is 13.4. The Hall–Kier alpha value is -2.01. The minimum atomic E-state index is -0.247. The number of aryl methyl sites for hydroxylation is 1. The van der Waals surface area contributed by atoms with E-state index in [0.29, 0.717) is 28.6 Å². The summed E-state index contributed by atoms with van der Waals surface area (Å²) in [6, 6.07) is 7.18. The van der Waals surface area contributed by atoms with E-state index in [1.807, 2.05) is 12.1 Å². The largest absolute Gasteiger partial charge is 0.487 e. The van der Waals surface area contributed by atoms with Crippen LogP contribution in [-0.4, -0.2) is 17.6 Å². The van der Waals surface area contributed by atoms with Gasteiger partial charge >= 0.3 is 0 Å². The highest BCUT2D eigenvalue weighted by atomic mass is 35.5. The first-order valence-electron chi connectivity index (χ1n) is 7.24. The van der Waals surface area contributed by atoms with Crippen molar-refractivity contribution in [3.05, 3.63) is 46.3 Å². The zero-order valence-electron chi connectivity index (χ0n) is 12.7. The maximum atomic E-state index is 12.1. The Labute approximate surface area is 134 Å². The van der Waals surface area contributed by atoms with Crippen LogP contribution in [0.2, 0.25) is 5.02 Å². The smallest absolute Gasteiger partial charge is 0.273 e. The lowest BCUT2D eigenvalue weighted by Crippen LogP contribution is -2.26. The van der Waals surface area contributed by atoms with Crippen molar-refractivity contribution in [2.75, 3.05) is 6.54 Å². The SMILES string of the molecule is CCCCNC(=O)c1noc(C)c1COc1ccccc1Cl. The van der Waals surface area contributed by atoms with E-state index in [2.05, 4.69) is 17.4 Å². The van der Waals surface area contributed by atoms with Crippen molar-refractivity contribution in [3.63, 3.8) is 0 Å². The lowest BCUT2D eigenvalue weighted by atomic mass is 10.2. The highest BCUT2D eigenvalue weighted by Crippen LogP contribution is 2.25. The maximum absolute atomic E-state index is 12.1. The molecule has 0 saturated carbocycles. The Morgan fingerprint density at radius 1 is 1.41 bits per heavy atom. The molecule has 1 heterocycles. The van der Waals surface area contributed by atoms with E-state index in [1.165, 1.54) is 0 Å². The van der Waals surface area contributed by atoms with Crippen molar-refractivity contribution >= 4 is 17.5 Å². The fourth-order valence-corrected chi connectivity index (χ4v) is 2.10. The van der Waals surface area contributed by atoms with E-state index < -0.39 is 0 Å². The number of hydrogen-bond donors (Lipinski definition) is 1. The van der Waals surface area contributed by atoms with Gasteiger partial charge in [-0.3, -0.25) is 4.79 Å². The molecule has 0 fully saturated rings. The lowest BCUT2D eigenvalue weighted by Gasteiger charge is -2.08. The number of benzene rings is 1. The van der Waals surface area contributed by atoms with Gasteiger partial charge in [-0.05, 0) is 25.5 Å². The number of carbonyl (C=O) groups is 1. The minimum absolute atomic E-state index is 0.176. The van der Waals surface area contributed by atoms with Crippen LogP contribution in [0.15, 0.2) is 28.8 Å². The van der Waals surface area contributed by atoms with Gasteiger partial charge in [0.15, 0.2) is 5.69 Å². The molecule has 5 nitrogen and oxygen atoms in total. The summed E-state index contributed by atoms with van der Waals surface area (Å²) in [5, 5.41) is 7.17. The summed E-state index contributed by atoms with van der Waals surface area (Å²) < 4.78 is 10.8. The number of para-hydroxylation sites is 1. The summed E-state index contributed by atoms with van der Waals surface area (Å²) in [7, 11) is 0. The maximum Gasteiger partial charge on any atom is 0.273 e. The molecule has 2 aromatic rings. The van der Waals surface area contributed by atoms with Crippen LogP contribution in [-0.2, 0) is 6.61 Å². The van der Waals surface area contributed by atoms with E-state index in [9.17, 15) is 4.79 Å². The third-order valence-electron chi connectivity index (χ3n) is 3.22. The predicted octanol–water partition coefficient (Wildman–Crippen LogP) is 3.75. The molecule has 2 rings (SSSR count). The molecule has 22 heavy (non-hydrogen) atoms. The molecule has 0 radical (unpaired) electrons. The molecule has 0 aliphatic carbocycles. The van der Waals surface area contributed by atoms with Gasteiger partial charge in [-0.15, -0.1) is 0 Å². The van der Waals surface area contributed by atoms with Crippen LogP contribution >= 0.6 is 11.6 Å². The number of nitrogens with one attached hydrogen (secondary N) is 1. The van der Waals surface area contributed by atoms with Crippen molar-refractivity contribution in [2.45, 2.75) is 33.3 Å². The van der Waals surface area contributed by atoms with Gasteiger partial charge in [0.1, 0.15) is 18.1 Å². The van der Waals surface area contributed by atoms with Crippen LogP contribution in [0.4, 0.5) is 0 Å². The van der Waals surface area contributed by atoms with Crippen LogP contribution < -0.4 is 10.1 Å². The highest BCUT2D eigenvalue weighted by Gasteiger charge is 2.20. The van der Waals surface area contributed by atoms with Crippen LogP contribution in [0.5, 0.6) is 5.75 Å². The van der Waals surface area contributed by atoms with Crippen molar-refractivity contribution in [2.24, 2.45) is 0 Å². The molecule has 0 unspecified atom stereocenters. The predicted molar refractivity (Wildman–Crippen MR) is 84.3 cm³/mol. The summed E-state index contributed by atoms with van der Waals surface area (Å²) in [5.74, 6) is 0.873. The van der Waals surface area contributed by atoms with Crippen molar-refractivity contribution in [1.82, 2.24) is 10.5 Å². The molecule has 6 heteroatoms. The van der Waals surface area contributed by atoms with Gasteiger partial charge < -0.3 is 14.6 Å². The van der Waals surface area contributed by atoms with E-state index in [4.69, 9.17) is 20.9 Å². The van der Waals surface area contributed by atoms with Gasteiger partial charge in [-0.25, -0.2) is 0 Å². The molecule has 0 saturated heterocycles. The normalized spacial score (nSPS) is 10.5. The van der Waals surface area contributed by atoms with Crippen molar-refractivity contribution in [3.8, 4) is 5.75 Å². The third-order valence-corrected chi connectivity index (χ3v) is 3.54.